The molecule has 100 valence electrons. The number of halogens is 1. The third-order valence-electron chi connectivity index (χ3n) is 3.05. The fraction of sp³-hybridized carbons (Fsp3) is 0.312. The van der Waals surface area contributed by atoms with Crippen LogP contribution in [0.25, 0.3) is 0 Å². The van der Waals surface area contributed by atoms with Crippen LogP contribution in [0, 0.1) is 0 Å². The minimum Gasteiger partial charge on any atom is -0.294 e. The number of ketones is 1. The third kappa shape index (κ3) is 3.34. The highest BCUT2D eigenvalue weighted by Crippen LogP contribution is 2.29. The Balaban J connectivity index is 2.32. The number of hydrogen-bond acceptors (Lipinski definition) is 2. The van der Waals surface area contributed by atoms with Crippen LogP contribution >= 0.6 is 27.3 Å². The van der Waals surface area contributed by atoms with Crippen LogP contribution in [0.5, 0.6) is 0 Å². The molecule has 19 heavy (non-hydrogen) atoms. The Bertz CT molecular complexity index is 593. The molecule has 0 bridgehead atoms. The van der Waals surface area contributed by atoms with Gasteiger partial charge < -0.3 is 0 Å². The molecule has 0 radical (unpaired) electrons. The van der Waals surface area contributed by atoms with Gasteiger partial charge in [0.2, 0.25) is 0 Å². The monoisotopic (exact) mass is 336 g/mol. The quantitative estimate of drug-likeness (QED) is 0.701. The van der Waals surface area contributed by atoms with E-state index >= 15 is 0 Å². The first-order valence-electron chi connectivity index (χ1n) is 6.24. The first-order chi connectivity index (χ1) is 8.89. The Kier molecular flexibility index (Phi) is 4.26. The van der Waals surface area contributed by atoms with Gasteiger partial charge in [0.15, 0.2) is 5.78 Å². The van der Waals surface area contributed by atoms with E-state index in [1.807, 2.05) is 29.6 Å². The van der Waals surface area contributed by atoms with Crippen LogP contribution in [-0.4, -0.2) is 5.78 Å². The highest BCUT2D eigenvalue weighted by Gasteiger charge is 2.21. The molecule has 1 aromatic carbocycles. The van der Waals surface area contributed by atoms with Crippen LogP contribution in [0.2, 0.25) is 0 Å². The number of benzene rings is 1. The molecular weight excluding hydrogens is 320 g/mol. The molecule has 1 heterocycles. The summed E-state index contributed by atoms with van der Waals surface area (Å²) in [6.45, 7) is 6.42. The van der Waals surface area contributed by atoms with Crippen molar-refractivity contribution in [1.29, 1.82) is 0 Å². The summed E-state index contributed by atoms with van der Waals surface area (Å²) in [5.74, 6) is 0.189. The highest BCUT2D eigenvalue weighted by molar-refractivity contribution is 9.10. The summed E-state index contributed by atoms with van der Waals surface area (Å²) in [4.78, 5) is 13.6. The molecule has 2 aromatic rings. The van der Waals surface area contributed by atoms with E-state index < -0.39 is 0 Å². The summed E-state index contributed by atoms with van der Waals surface area (Å²) >= 11 is 5.10. The van der Waals surface area contributed by atoms with E-state index in [1.54, 1.807) is 11.3 Å². The van der Waals surface area contributed by atoms with E-state index in [2.05, 4.69) is 42.8 Å². The van der Waals surface area contributed by atoms with E-state index in [-0.39, 0.29) is 11.2 Å². The minimum absolute atomic E-state index is 0.0149. The van der Waals surface area contributed by atoms with E-state index in [0.717, 1.165) is 20.5 Å². The Morgan fingerprint density at radius 2 is 1.89 bits per heavy atom. The molecule has 0 atom stereocenters. The van der Waals surface area contributed by atoms with Crippen LogP contribution in [0.4, 0.5) is 0 Å². The third-order valence-corrected chi connectivity index (χ3v) is 4.97. The lowest BCUT2D eigenvalue weighted by molar-refractivity contribution is 0.0991. The van der Waals surface area contributed by atoms with E-state index in [1.165, 1.54) is 0 Å². The largest absolute Gasteiger partial charge is 0.294 e. The van der Waals surface area contributed by atoms with E-state index in [9.17, 15) is 4.79 Å². The number of Topliss-reactive ketones (excluding diaryl/α,β-unsaturated/α-hetero) is 1. The first kappa shape index (κ1) is 14.5. The second kappa shape index (κ2) is 5.59. The summed E-state index contributed by atoms with van der Waals surface area (Å²) in [6.07, 6.45) is 0.464. The van der Waals surface area contributed by atoms with Crippen molar-refractivity contribution in [2.45, 2.75) is 32.6 Å². The first-order valence-corrected chi connectivity index (χ1v) is 7.91. The molecule has 0 saturated carbocycles. The maximum absolute atomic E-state index is 12.5. The van der Waals surface area contributed by atoms with Gasteiger partial charge in [0.25, 0.3) is 0 Å². The molecule has 0 amide bonds. The molecule has 0 saturated heterocycles. The number of rotatable bonds is 3. The van der Waals surface area contributed by atoms with Crippen molar-refractivity contribution in [3.8, 4) is 0 Å². The van der Waals surface area contributed by atoms with Crippen LogP contribution in [0.1, 0.15) is 41.6 Å². The predicted molar refractivity (Wildman–Crippen MR) is 85.2 cm³/mol. The Labute approximate surface area is 126 Å². The van der Waals surface area contributed by atoms with Gasteiger partial charge in [0.1, 0.15) is 0 Å². The summed E-state index contributed by atoms with van der Waals surface area (Å²) in [5.41, 5.74) is 1.95. The Morgan fingerprint density at radius 3 is 2.47 bits per heavy atom. The molecule has 1 nitrogen and oxygen atoms in total. The zero-order valence-corrected chi connectivity index (χ0v) is 13.8. The minimum atomic E-state index is -0.0149. The van der Waals surface area contributed by atoms with E-state index in [4.69, 9.17) is 0 Å². The highest BCUT2D eigenvalue weighted by atomic mass is 79.9. The molecule has 2 rings (SSSR count). The summed E-state index contributed by atoms with van der Waals surface area (Å²) in [5, 5.41) is 2.00. The number of carbonyl (C=O) groups is 1. The Hall–Kier alpha value is -0.930. The van der Waals surface area contributed by atoms with Gasteiger partial charge in [-0.3, -0.25) is 4.79 Å². The van der Waals surface area contributed by atoms with Crippen molar-refractivity contribution >= 4 is 33.0 Å². The van der Waals surface area contributed by atoms with Crippen molar-refractivity contribution in [3.63, 3.8) is 0 Å². The zero-order chi connectivity index (χ0) is 14.0. The lowest BCUT2D eigenvalue weighted by Gasteiger charge is -2.22. The lowest BCUT2D eigenvalue weighted by atomic mass is 9.82. The van der Waals surface area contributed by atoms with Gasteiger partial charge in [0, 0.05) is 21.3 Å². The number of hydrogen-bond donors (Lipinski definition) is 0. The van der Waals surface area contributed by atoms with Crippen molar-refractivity contribution < 1.29 is 4.79 Å². The molecule has 0 aliphatic rings. The van der Waals surface area contributed by atoms with Crippen LogP contribution in [-0.2, 0) is 11.8 Å². The topological polar surface area (TPSA) is 17.1 Å². The molecular formula is C16H17BrOS. The van der Waals surface area contributed by atoms with Gasteiger partial charge in [-0.2, -0.15) is 0 Å². The van der Waals surface area contributed by atoms with Crippen molar-refractivity contribution in [3.05, 3.63) is 56.2 Å². The van der Waals surface area contributed by atoms with Gasteiger partial charge in [-0.05, 0) is 38.4 Å². The molecule has 0 aliphatic heterocycles. The van der Waals surface area contributed by atoms with Crippen LogP contribution in [0.3, 0.4) is 0 Å². The predicted octanol–water partition coefficient (Wildman–Crippen LogP) is 5.23. The smallest absolute Gasteiger partial charge is 0.168 e. The molecule has 3 heteroatoms. The fourth-order valence-electron chi connectivity index (χ4n) is 2.07. The molecule has 0 aliphatic carbocycles. The standard InChI is InChI=1S/C16H17BrOS/c1-16(2,3)12-7-5-4-6-11(12)14(18)10-15-13(17)8-9-19-15/h4-9H,10H2,1-3H3. The molecule has 0 unspecified atom stereocenters. The van der Waals surface area contributed by atoms with Gasteiger partial charge in [-0.25, -0.2) is 0 Å². The van der Waals surface area contributed by atoms with Crippen LogP contribution < -0.4 is 0 Å². The summed E-state index contributed by atoms with van der Waals surface area (Å²) < 4.78 is 1.03. The van der Waals surface area contributed by atoms with Gasteiger partial charge in [-0.1, -0.05) is 45.0 Å². The second-order valence-electron chi connectivity index (χ2n) is 5.59. The van der Waals surface area contributed by atoms with Gasteiger partial charge in [-0.15, -0.1) is 11.3 Å². The maximum atomic E-state index is 12.5. The Morgan fingerprint density at radius 1 is 1.21 bits per heavy atom. The van der Waals surface area contributed by atoms with E-state index in [0.29, 0.717) is 6.42 Å². The molecule has 0 spiro atoms. The van der Waals surface area contributed by atoms with Crippen molar-refractivity contribution in [2.75, 3.05) is 0 Å². The SMILES string of the molecule is CC(C)(C)c1ccccc1C(=O)Cc1sccc1Br. The second-order valence-corrected chi connectivity index (χ2v) is 7.44. The number of carbonyl (C=O) groups excluding carboxylic acids is 1. The normalized spacial score (nSPS) is 11.6. The van der Waals surface area contributed by atoms with Crippen molar-refractivity contribution in [2.24, 2.45) is 0 Å². The fourth-order valence-corrected chi connectivity index (χ4v) is 3.56. The average molecular weight is 337 g/mol. The number of thiophene rings is 1. The van der Waals surface area contributed by atoms with Crippen molar-refractivity contribution in [1.82, 2.24) is 0 Å². The summed E-state index contributed by atoms with van der Waals surface area (Å²) in [6, 6.07) is 9.91. The molecule has 0 fully saturated rings. The summed E-state index contributed by atoms with van der Waals surface area (Å²) in [7, 11) is 0. The van der Waals surface area contributed by atoms with Crippen LogP contribution in [0.15, 0.2) is 40.2 Å². The zero-order valence-electron chi connectivity index (χ0n) is 11.4. The molecule has 1 aromatic heterocycles. The average Bonchev–Trinajstić information content (AvgIpc) is 2.74. The maximum Gasteiger partial charge on any atom is 0.168 e. The lowest BCUT2D eigenvalue weighted by Crippen LogP contribution is -2.17. The van der Waals surface area contributed by atoms with Gasteiger partial charge >= 0.3 is 0 Å². The molecule has 0 N–H and O–H groups in total. The van der Waals surface area contributed by atoms with Gasteiger partial charge in [0.05, 0.1) is 0 Å².